The average molecular weight is 216 g/mol. The summed E-state index contributed by atoms with van der Waals surface area (Å²) >= 11 is 0. The van der Waals surface area contributed by atoms with Crippen LogP contribution >= 0.6 is 0 Å². The molecule has 1 atom stereocenters. The molecule has 0 aliphatic carbocycles. The number of benzene rings is 2. The molecule has 1 N–H and O–H groups in total. The van der Waals surface area contributed by atoms with Crippen LogP contribution in [0.1, 0.15) is 6.92 Å². The van der Waals surface area contributed by atoms with E-state index in [-0.39, 0.29) is 0 Å². The number of ether oxygens (including phenoxy) is 1. The average Bonchev–Trinajstić information content (AvgIpc) is 2.29. The van der Waals surface area contributed by atoms with Gasteiger partial charge in [0, 0.05) is 5.39 Å². The first-order valence-corrected chi connectivity index (χ1v) is 5.05. The quantitative estimate of drug-likeness (QED) is 0.858. The van der Waals surface area contributed by atoms with E-state index in [4.69, 9.17) is 9.84 Å². The number of rotatable bonds is 3. The molecule has 2 rings (SSSR count). The van der Waals surface area contributed by atoms with Gasteiger partial charge in [0.25, 0.3) is 0 Å². The number of carboxylic acids is 1. The van der Waals surface area contributed by atoms with E-state index in [1.54, 1.807) is 6.07 Å². The van der Waals surface area contributed by atoms with Gasteiger partial charge in [0.1, 0.15) is 5.75 Å². The van der Waals surface area contributed by atoms with Gasteiger partial charge in [-0.15, -0.1) is 0 Å². The third-order valence-electron chi connectivity index (χ3n) is 2.40. The molecule has 0 saturated heterocycles. The Morgan fingerprint density at radius 1 is 1.19 bits per heavy atom. The van der Waals surface area contributed by atoms with Crippen LogP contribution in [-0.4, -0.2) is 17.2 Å². The maximum Gasteiger partial charge on any atom is 0.344 e. The Kier molecular flexibility index (Phi) is 2.77. The molecule has 2 aromatic rings. The van der Waals surface area contributed by atoms with Crippen LogP contribution in [0.3, 0.4) is 0 Å². The second kappa shape index (κ2) is 4.23. The first kappa shape index (κ1) is 10.5. The lowest BCUT2D eigenvalue weighted by Crippen LogP contribution is -2.22. The topological polar surface area (TPSA) is 46.5 Å². The molecule has 0 amide bonds. The van der Waals surface area contributed by atoms with Gasteiger partial charge in [-0.05, 0) is 18.4 Å². The van der Waals surface area contributed by atoms with Gasteiger partial charge in [-0.2, -0.15) is 0 Å². The first-order valence-electron chi connectivity index (χ1n) is 5.05. The molecule has 0 unspecified atom stereocenters. The van der Waals surface area contributed by atoms with Gasteiger partial charge in [-0.25, -0.2) is 4.79 Å². The van der Waals surface area contributed by atoms with Gasteiger partial charge in [0.2, 0.25) is 0 Å². The SMILES string of the molecule is C[C@@H](Oc1cccc2ccccc12)C(=O)O. The van der Waals surface area contributed by atoms with Crippen LogP contribution in [0.2, 0.25) is 0 Å². The van der Waals surface area contributed by atoms with E-state index >= 15 is 0 Å². The lowest BCUT2D eigenvalue weighted by Gasteiger charge is -2.12. The molecule has 0 saturated carbocycles. The Bertz CT molecular complexity index is 514. The predicted molar refractivity (Wildman–Crippen MR) is 61.7 cm³/mol. The van der Waals surface area contributed by atoms with Crippen molar-refractivity contribution in [3.8, 4) is 5.75 Å². The molecule has 0 spiro atoms. The highest BCUT2D eigenvalue weighted by Crippen LogP contribution is 2.25. The summed E-state index contributed by atoms with van der Waals surface area (Å²) in [5.74, 6) is -0.360. The normalized spacial score (nSPS) is 12.3. The smallest absolute Gasteiger partial charge is 0.344 e. The number of hydrogen-bond donors (Lipinski definition) is 1. The lowest BCUT2D eigenvalue weighted by atomic mass is 10.1. The predicted octanol–water partition coefficient (Wildman–Crippen LogP) is 2.69. The van der Waals surface area contributed by atoms with Crippen LogP contribution in [0, 0.1) is 0 Å². The molecule has 0 radical (unpaired) electrons. The highest BCUT2D eigenvalue weighted by Gasteiger charge is 2.13. The molecule has 16 heavy (non-hydrogen) atoms. The molecule has 0 fully saturated rings. The third kappa shape index (κ3) is 1.98. The Morgan fingerprint density at radius 2 is 1.88 bits per heavy atom. The summed E-state index contributed by atoms with van der Waals surface area (Å²) in [6, 6.07) is 13.3. The van der Waals surface area contributed by atoms with Crippen molar-refractivity contribution < 1.29 is 14.6 Å². The van der Waals surface area contributed by atoms with E-state index < -0.39 is 12.1 Å². The van der Waals surface area contributed by atoms with Gasteiger partial charge in [-0.1, -0.05) is 36.4 Å². The van der Waals surface area contributed by atoms with Crippen molar-refractivity contribution in [2.75, 3.05) is 0 Å². The van der Waals surface area contributed by atoms with Gasteiger partial charge in [0.15, 0.2) is 6.10 Å². The van der Waals surface area contributed by atoms with Crippen LogP contribution in [0.4, 0.5) is 0 Å². The molecule has 0 aliphatic heterocycles. The van der Waals surface area contributed by atoms with E-state index in [0.717, 1.165) is 10.8 Å². The van der Waals surface area contributed by atoms with Crippen molar-refractivity contribution in [1.82, 2.24) is 0 Å². The largest absolute Gasteiger partial charge is 0.479 e. The minimum absolute atomic E-state index is 0.605. The molecule has 82 valence electrons. The van der Waals surface area contributed by atoms with E-state index in [9.17, 15) is 4.79 Å². The summed E-state index contributed by atoms with van der Waals surface area (Å²) in [5.41, 5.74) is 0. The van der Waals surface area contributed by atoms with E-state index in [2.05, 4.69) is 0 Å². The molecule has 3 heteroatoms. The molecule has 0 bridgehead atoms. The Labute approximate surface area is 93.3 Å². The van der Waals surface area contributed by atoms with Crippen LogP contribution in [0.15, 0.2) is 42.5 Å². The summed E-state index contributed by atoms with van der Waals surface area (Å²) in [6.07, 6.45) is -0.842. The number of hydrogen-bond acceptors (Lipinski definition) is 2. The Balaban J connectivity index is 2.41. The third-order valence-corrected chi connectivity index (χ3v) is 2.40. The van der Waals surface area contributed by atoms with Gasteiger partial charge >= 0.3 is 5.97 Å². The fourth-order valence-electron chi connectivity index (χ4n) is 1.54. The molecular weight excluding hydrogens is 204 g/mol. The van der Waals surface area contributed by atoms with Crippen LogP contribution in [0.25, 0.3) is 10.8 Å². The lowest BCUT2D eigenvalue weighted by molar-refractivity contribution is -0.144. The monoisotopic (exact) mass is 216 g/mol. The van der Waals surface area contributed by atoms with Crippen molar-refractivity contribution in [1.29, 1.82) is 0 Å². The van der Waals surface area contributed by atoms with Crippen molar-refractivity contribution in [3.05, 3.63) is 42.5 Å². The molecule has 0 aromatic heterocycles. The maximum atomic E-state index is 10.7. The second-order valence-electron chi connectivity index (χ2n) is 3.58. The fourth-order valence-corrected chi connectivity index (χ4v) is 1.54. The minimum atomic E-state index is -0.965. The van der Waals surface area contributed by atoms with Crippen LogP contribution < -0.4 is 4.74 Å². The molecule has 0 heterocycles. The molecule has 3 nitrogen and oxygen atoms in total. The zero-order chi connectivity index (χ0) is 11.5. The maximum absolute atomic E-state index is 10.7. The van der Waals surface area contributed by atoms with E-state index in [0.29, 0.717) is 5.75 Å². The zero-order valence-electron chi connectivity index (χ0n) is 8.88. The van der Waals surface area contributed by atoms with Crippen LogP contribution in [-0.2, 0) is 4.79 Å². The van der Waals surface area contributed by atoms with Crippen molar-refractivity contribution >= 4 is 16.7 Å². The summed E-state index contributed by atoms with van der Waals surface area (Å²) in [5, 5.41) is 10.8. The number of carboxylic acid groups (broad SMARTS) is 1. The van der Waals surface area contributed by atoms with Gasteiger partial charge in [-0.3, -0.25) is 0 Å². The molecule has 2 aromatic carbocycles. The highest BCUT2D eigenvalue weighted by molar-refractivity contribution is 5.88. The summed E-state index contributed by atoms with van der Waals surface area (Å²) in [7, 11) is 0. The minimum Gasteiger partial charge on any atom is -0.479 e. The zero-order valence-corrected chi connectivity index (χ0v) is 8.88. The van der Waals surface area contributed by atoms with Crippen molar-refractivity contribution in [2.45, 2.75) is 13.0 Å². The van der Waals surface area contributed by atoms with Gasteiger partial charge in [0.05, 0.1) is 0 Å². The highest BCUT2D eigenvalue weighted by atomic mass is 16.5. The standard InChI is InChI=1S/C13H12O3/c1-9(13(14)15)16-12-8-4-6-10-5-2-3-7-11(10)12/h2-9H,1H3,(H,14,15)/t9-/m1/s1. The number of fused-ring (bicyclic) bond motifs is 1. The summed E-state index contributed by atoms with van der Waals surface area (Å²) in [4.78, 5) is 10.7. The molecular formula is C13H12O3. The summed E-state index contributed by atoms with van der Waals surface area (Å²) < 4.78 is 5.39. The van der Waals surface area contributed by atoms with Crippen molar-refractivity contribution in [3.63, 3.8) is 0 Å². The Hall–Kier alpha value is -2.03. The van der Waals surface area contributed by atoms with Crippen molar-refractivity contribution in [2.24, 2.45) is 0 Å². The number of aliphatic carboxylic acids is 1. The van der Waals surface area contributed by atoms with Crippen LogP contribution in [0.5, 0.6) is 5.75 Å². The fraction of sp³-hybridized carbons (Fsp3) is 0.154. The molecule has 0 aliphatic rings. The first-order chi connectivity index (χ1) is 7.68. The van der Waals surface area contributed by atoms with E-state index in [1.807, 2.05) is 36.4 Å². The van der Waals surface area contributed by atoms with Gasteiger partial charge < -0.3 is 9.84 Å². The Morgan fingerprint density at radius 3 is 2.62 bits per heavy atom. The van der Waals surface area contributed by atoms with E-state index in [1.165, 1.54) is 6.92 Å². The number of carbonyl (C=O) groups is 1. The summed E-state index contributed by atoms with van der Waals surface area (Å²) in [6.45, 7) is 1.52. The second-order valence-corrected chi connectivity index (χ2v) is 3.58.